The minimum atomic E-state index is -0.708. The molecule has 2 saturated carbocycles. The molecule has 114 valence electrons. The number of aliphatic hydroxyl groups excluding tert-OH is 1. The number of amides is 1. The zero-order valence-electron chi connectivity index (χ0n) is 12.1. The lowest BCUT2D eigenvalue weighted by atomic mass is 9.94. The Labute approximate surface area is 124 Å². The molecule has 2 fully saturated rings. The fourth-order valence-electron chi connectivity index (χ4n) is 3.47. The highest BCUT2D eigenvalue weighted by Gasteiger charge is 2.52. The average Bonchev–Trinajstić information content (AvgIpc) is 3.10. The number of aliphatic hydroxyl groups is 1. The third kappa shape index (κ3) is 2.82. The van der Waals surface area contributed by atoms with Crippen molar-refractivity contribution in [2.45, 2.75) is 50.0 Å². The first-order valence-corrected chi connectivity index (χ1v) is 7.85. The molecule has 1 atom stereocenters. The molecule has 0 spiro atoms. The highest BCUT2D eigenvalue weighted by molar-refractivity contribution is 5.91. The Morgan fingerprint density at radius 2 is 2.00 bits per heavy atom. The summed E-state index contributed by atoms with van der Waals surface area (Å²) < 4.78 is 13.9. The smallest absolute Gasteiger partial charge is 0.230 e. The molecule has 3 rings (SSSR count). The van der Waals surface area contributed by atoms with Crippen molar-refractivity contribution in [1.29, 1.82) is 0 Å². The predicted octanol–water partition coefficient (Wildman–Crippen LogP) is 2.52. The molecule has 1 unspecified atom stereocenters. The van der Waals surface area contributed by atoms with E-state index in [2.05, 4.69) is 5.32 Å². The first-order valence-electron chi connectivity index (χ1n) is 7.85. The quantitative estimate of drug-likeness (QED) is 0.876. The summed E-state index contributed by atoms with van der Waals surface area (Å²) in [6, 6.07) is 6.49. The second kappa shape index (κ2) is 5.76. The highest BCUT2D eigenvalue weighted by atomic mass is 19.1. The molecule has 2 aliphatic rings. The van der Waals surface area contributed by atoms with Crippen LogP contribution in [0.5, 0.6) is 0 Å². The summed E-state index contributed by atoms with van der Waals surface area (Å²) in [5.74, 6) is -0.167. The van der Waals surface area contributed by atoms with Gasteiger partial charge in [0.05, 0.1) is 11.5 Å². The third-order valence-electron chi connectivity index (χ3n) is 4.99. The van der Waals surface area contributed by atoms with Crippen molar-refractivity contribution < 1.29 is 14.3 Å². The molecule has 2 N–H and O–H groups in total. The predicted molar refractivity (Wildman–Crippen MR) is 78.3 cm³/mol. The summed E-state index contributed by atoms with van der Waals surface area (Å²) in [4.78, 5) is 12.4. The highest BCUT2D eigenvalue weighted by Crippen LogP contribution is 2.49. The second-order valence-electron chi connectivity index (χ2n) is 6.38. The van der Waals surface area contributed by atoms with Gasteiger partial charge in [0.1, 0.15) is 5.82 Å². The fourth-order valence-corrected chi connectivity index (χ4v) is 3.47. The maximum absolute atomic E-state index is 13.9. The van der Waals surface area contributed by atoms with E-state index in [4.69, 9.17) is 0 Å². The van der Waals surface area contributed by atoms with Crippen LogP contribution in [0.15, 0.2) is 24.3 Å². The molecular formula is C17H22FNO2. The van der Waals surface area contributed by atoms with Crippen LogP contribution in [-0.4, -0.2) is 23.7 Å². The summed E-state index contributed by atoms with van der Waals surface area (Å²) in [7, 11) is 0. The van der Waals surface area contributed by atoms with E-state index >= 15 is 0 Å². The molecule has 0 bridgehead atoms. The summed E-state index contributed by atoms with van der Waals surface area (Å²) in [6.07, 6.45) is 5.28. The van der Waals surface area contributed by atoms with E-state index in [1.54, 1.807) is 18.2 Å². The number of carbonyl (C=O) groups is 1. The molecule has 3 nitrogen and oxygen atoms in total. The molecule has 4 heteroatoms. The van der Waals surface area contributed by atoms with Gasteiger partial charge in [0.25, 0.3) is 0 Å². The Balaban J connectivity index is 1.61. The molecule has 21 heavy (non-hydrogen) atoms. The van der Waals surface area contributed by atoms with Crippen LogP contribution in [0, 0.1) is 11.7 Å². The van der Waals surface area contributed by atoms with Crippen LogP contribution in [0.4, 0.5) is 4.39 Å². The van der Waals surface area contributed by atoms with Crippen LogP contribution in [0.2, 0.25) is 0 Å². The Morgan fingerprint density at radius 3 is 2.62 bits per heavy atom. The maximum atomic E-state index is 13.9. The van der Waals surface area contributed by atoms with Crippen molar-refractivity contribution >= 4 is 5.91 Å². The van der Waals surface area contributed by atoms with Crippen LogP contribution in [0.1, 0.15) is 44.1 Å². The number of rotatable bonds is 5. The standard InChI is InChI=1S/C17H22FNO2/c18-14-8-4-3-7-13(14)17(9-10-17)16(21)19-11-15(20)12-5-1-2-6-12/h3-4,7-8,12,15,20H,1-2,5-6,9-11H2,(H,19,21). The van der Waals surface area contributed by atoms with E-state index in [0.717, 1.165) is 25.7 Å². The Kier molecular flexibility index (Phi) is 3.98. The lowest BCUT2D eigenvalue weighted by Crippen LogP contribution is -2.41. The largest absolute Gasteiger partial charge is 0.391 e. The van der Waals surface area contributed by atoms with Gasteiger partial charge in [0, 0.05) is 12.1 Å². The van der Waals surface area contributed by atoms with Crippen molar-refractivity contribution in [3.05, 3.63) is 35.6 Å². The van der Waals surface area contributed by atoms with Crippen molar-refractivity contribution in [1.82, 2.24) is 5.32 Å². The number of benzene rings is 1. The number of nitrogens with one attached hydrogen (secondary N) is 1. The number of halogens is 1. The zero-order valence-corrected chi connectivity index (χ0v) is 12.1. The fraction of sp³-hybridized carbons (Fsp3) is 0.588. The van der Waals surface area contributed by atoms with Crippen molar-refractivity contribution in [2.24, 2.45) is 5.92 Å². The summed E-state index contributed by atoms with van der Waals surface area (Å²) in [5, 5.41) is 13.0. The average molecular weight is 291 g/mol. The van der Waals surface area contributed by atoms with Gasteiger partial charge in [0.15, 0.2) is 0 Å². The minimum absolute atomic E-state index is 0.148. The van der Waals surface area contributed by atoms with Gasteiger partial charge in [-0.15, -0.1) is 0 Å². The molecule has 0 radical (unpaired) electrons. The van der Waals surface area contributed by atoms with E-state index in [9.17, 15) is 14.3 Å². The molecule has 1 amide bonds. The Morgan fingerprint density at radius 1 is 1.33 bits per heavy atom. The Bertz CT molecular complexity index is 521. The first kappa shape index (κ1) is 14.5. The van der Waals surface area contributed by atoms with E-state index in [-0.39, 0.29) is 18.3 Å². The van der Waals surface area contributed by atoms with Crippen molar-refractivity contribution in [3.8, 4) is 0 Å². The molecule has 2 aliphatic carbocycles. The molecule has 0 saturated heterocycles. The van der Waals surface area contributed by atoms with Gasteiger partial charge in [-0.1, -0.05) is 31.0 Å². The van der Waals surface area contributed by atoms with E-state index in [0.29, 0.717) is 24.3 Å². The SMILES string of the molecule is O=C(NCC(O)C1CCCC1)C1(c2ccccc2F)CC1. The number of hydrogen-bond acceptors (Lipinski definition) is 2. The first-order chi connectivity index (χ1) is 10.1. The van der Waals surface area contributed by atoms with Gasteiger partial charge in [-0.05, 0) is 37.7 Å². The Hall–Kier alpha value is -1.42. The van der Waals surface area contributed by atoms with Crippen LogP contribution in [0.25, 0.3) is 0 Å². The molecule has 1 aromatic carbocycles. The van der Waals surface area contributed by atoms with Crippen molar-refractivity contribution in [3.63, 3.8) is 0 Å². The lowest BCUT2D eigenvalue weighted by Gasteiger charge is -2.21. The normalized spacial score (nSPS) is 22.0. The van der Waals surface area contributed by atoms with Gasteiger partial charge >= 0.3 is 0 Å². The molecule has 0 heterocycles. The lowest BCUT2D eigenvalue weighted by molar-refractivity contribution is -0.124. The maximum Gasteiger partial charge on any atom is 0.230 e. The van der Waals surface area contributed by atoms with Gasteiger partial charge in [-0.25, -0.2) is 4.39 Å². The summed E-state index contributed by atoms with van der Waals surface area (Å²) in [5.41, 5.74) is -0.223. The van der Waals surface area contributed by atoms with Crippen LogP contribution in [0.3, 0.4) is 0 Å². The van der Waals surface area contributed by atoms with E-state index in [1.807, 2.05) is 0 Å². The van der Waals surface area contributed by atoms with Gasteiger partial charge in [-0.3, -0.25) is 4.79 Å². The second-order valence-corrected chi connectivity index (χ2v) is 6.38. The molecule has 1 aromatic rings. The topological polar surface area (TPSA) is 49.3 Å². The molecular weight excluding hydrogens is 269 g/mol. The van der Waals surface area contributed by atoms with Gasteiger partial charge < -0.3 is 10.4 Å². The molecule has 0 aromatic heterocycles. The monoisotopic (exact) mass is 291 g/mol. The number of carbonyl (C=O) groups excluding carboxylic acids is 1. The summed E-state index contributed by atoms with van der Waals surface area (Å²) in [6.45, 7) is 0.277. The summed E-state index contributed by atoms with van der Waals surface area (Å²) >= 11 is 0. The van der Waals surface area contributed by atoms with Gasteiger partial charge in [-0.2, -0.15) is 0 Å². The number of hydrogen-bond donors (Lipinski definition) is 2. The van der Waals surface area contributed by atoms with Crippen LogP contribution < -0.4 is 5.32 Å². The zero-order chi connectivity index (χ0) is 14.9. The molecule has 0 aliphatic heterocycles. The van der Waals surface area contributed by atoms with Gasteiger partial charge in [0.2, 0.25) is 5.91 Å². The third-order valence-corrected chi connectivity index (χ3v) is 4.99. The van der Waals surface area contributed by atoms with Crippen LogP contribution >= 0.6 is 0 Å². The van der Waals surface area contributed by atoms with Crippen LogP contribution in [-0.2, 0) is 10.2 Å². The van der Waals surface area contributed by atoms with E-state index in [1.165, 1.54) is 6.07 Å². The van der Waals surface area contributed by atoms with Crippen molar-refractivity contribution in [2.75, 3.05) is 6.54 Å². The minimum Gasteiger partial charge on any atom is -0.391 e. The van der Waals surface area contributed by atoms with E-state index < -0.39 is 11.5 Å².